The van der Waals surface area contributed by atoms with Gasteiger partial charge in [0.05, 0.1) is 37.6 Å². The maximum Gasteiger partial charge on any atom is 0.0866 e. The molecule has 0 amide bonds. The summed E-state index contributed by atoms with van der Waals surface area (Å²) >= 11 is 0. The molecule has 2 heterocycles. The molecule has 0 spiro atoms. The maximum absolute atomic E-state index is 6.20. The fourth-order valence-electron chi connectivity index (χ4n) is 4.04. The highest BCUT2D eigenvalue weighted by atomic mass is 16.6. The van der Waals surface area contributed by atoms with Crippen LogP contribution < -0.4 is 0 Å². The quantitative estimate of drug-likeness (QED) is 0.567. The fourth-order valence-corrected chi connectivity index (χ4v) is 4.04. The minimum Gasteiger partial charge on any atom is -0.377 e. The van der Waals surface area contributed by atoms with Crippen LogP contribution in [0, 0.1) is 0 Å². The molecular weight excluding hydrogens is 352 g/mol. The van der Waals surface area contributed by atoms with E-state index in [2.05, 4.69) is 24.3 Å². The van der Waals surface area contributed by atoms with Crippen molar-refractivity contribution in [2.45, 2.75) is 63.3 Å². The Morgan fingerprint density at radius 1 is 0.643 bits per heavy atom. The number of benzene rings is 2. The topological polar surface area (TPSA) is 36.9 Å². The Hall–Kier alpha value is -1.72. The normalized spacial score (nSPS) is 26.4. The standard InChI is InChI=1S/C24H30O4/c1-3-7-19(8-4-1)17-25-13-11-21-15-23-24(27-21)16-22(28-23)12-14-26-18-20-9-5-2-6-10-20/h1-10,21-24H,11-18H2/t21-,22-,23+,24+/m1/s1. The van der Waals surface area contributed by atoms with Gasteiger partial charge in [0, 0.05) is 26.1 Å². The molecule has 4 rings (SSSR count). The third-order valence-corrected chi connectivity index (χ3v) is 5.53. The summed E-state index contributed by atoms with van der Waals surface area (Å²) in [6, 6.07) is 20.6. The summed E-state index contributed by atoms with van der Waals surface area (Å²) < 4.78 is 24.0. The van der Waals surface area contributed by atoms with Crippen LogP contribution in [0.1, 0.15) is 36.8 Å². The summed E-state index contributed by atoms with van der Waals surface area (Å²) in [4.78, 5) is 0. The van der Waals surface area contributed by atoms with Gasteiger partial charge in [-0.05, 0) is 24.0 Å². The summed E-state index contributed by atoms with van der Waals surface area (Å²) in [6.07, 6.45) is 4.88. The predicted molar refractivity (Wildman–Crippen MR) is 108 cm³/mol. The molecule has 150 valence electrons. The van der Waals surface area contributed by atoms with Gasteiger partial charge in [-0.1, -0.05) is 60.7 Å². The Labute approximate surface area is 167 Å². The van der Waals surface area contributed by atoms with E-state index in [1.807, 2.05) is 36.4 Å². The molecule has 4 nitrogen and oxygen atoms in total. The lowest BCUT2D eigenvalue weighted by Gasteiger charge is -2.16. The van der Waals surface area contributed by atoms with Crippen LogP contribution in [0.2, 0.25) is 0 Å². The second-order valence-electron chi connectivity index (χ2n) is 7.72. The molecule has 0 unspecified atom stereocenters. The molecule has 4 heteroatoms. The molecule has 28 heavy (non-hydrogen) atoms. The van der Waals surface area contributed by atoms with Gasteiger partial charge in [0.2, 0.25) is 0 Å². The summed E-state index contributed by atoms with van der Waals surface area (Å²) in [5.74, 6) is 0. The number of ether oxygens (including phenoxy) is 4. The maximum atomic E-state index is 6.20. The number of fused-ring (bicyclic) bond motifs is 1. The zero-order valence-corrected chi connectivity index (χ0v) is 16.4. The van der Waals surface area contributed by atoms with Crippen LogP contribution in [0.5, 0.6) is 0 Å². The van der Waals surface area contributed by atoms with E-state index in [1.54, 1.807) is 0 Å². The van der Waals surface area contributed by atoms with Gasteiger partial charge < -0.3 is 18.9 Å². The first-order chi connectivity index (χ1) is 13.9. The Kier molecular flexibility index (Phi) is 7.12. The minimum atomic E-state index is 0.248. The van der Waals surface area contributed by atoms with Crippen LogP contribution in [-0.4, -0.2) is 37.6 Å². The molecule has 2 fully saturated rings. The highest BCUT2D eigenvalue weighted by Gasteiger charge is 2.43. The molecule has 0 radical (unpaired) electrons. The third-order valence-electron chi connectivity index (χ3n) is 5.53. The zero-order chi connectivity index (χ0) is 19.0. The summed E-state index contributed by atoms with van der Waals surface area (Å²) in [7, 11) is 0. The second-order valence-corrected chi connectivity index (χ2v) is 7.72. The highest BCUT2D eigenvalue weighted by molar-refractivity contribution is 5.14. The smallest absolute Gasteiger partial charge is 0.0866 e. The summed E-state index contributed by atoms with van der Waals surface area (Å²) in [5, 5.41) is 0. The summed E-state index contributed by atoms with van der Waals surface area (Å²) in [6.45, 7) is 2.80. The first-order valence-electron chi connectivity index (χ1n) is 10.4. The van der Waals surface area contributed by atoms with Crippen molar-refractivity contribution in [3.63, 3.8) is 0 Å². The number of hydrogen-bond donors (Lipinski definition) is 0. The van der Waals surface area contributed by atoms with Gasteiger partial charge in [0.25, 0.3) is 0 Å². The molecule has 0 bridgehead atoms. The predicted octanol–water partition coefficient (Wildman–Crippen LogP) is 4.52. The molecule has 0 saturated carbocycles. The fraction of sp³-hybridized carbons (Fsp3) is 0.500. The number of hydrogen-bond acceptors (Lipinski definition) is 4. The molecule has 2 aliphatic heterocycles. The van der Waals surface area contributed by atoms with Crippen molar-refractivity contribution in [3.8, 4) is 0 Å². The minimum absolute atomic E-state index is 0.248. The van der Waals surface area contributed by atoms with E-state index < -0.39 is 0 Å². The molecule has 2 saturated heterocycles. The lowest BCUT2D eigenvalue weighted by Crippen LogP contribution is -2.17. The Morgan fingerprint density at radius 3 is 1.50 bits per heavy atom. The SMILES string of the molecule is c1ccc(COCC[C@@H]2C[C@@H]3O[C@H](CCOCc4ccccc4)C[C@@H]3O2)cc1. The Bertz CT molecular complexity index is 617. The van der Waals surface area contributed by atoms with Gasteiger partial charge >= 0.3 is 0 Å². The van der Waals surface area contributed by atoms with Crippen molar-refractivity contribution in [2.24, 2.45) is 0 Å². The molecule has 2 aliphatic rings. The molecular formula is C24H30O4. The highest BCUT2D eigenvalue weighted by Crippen LogP contribution is 2.36. The first kappa shape index (κ1) is 19.6. The summed E-state index contributed by atoms with van der Waals surface area (Å²) in [5.41, 5.74) is 2.43. The van der Waals surface area contributed by atoms with Crippen LogP contribution in [0.3, 0.4) is 0 Å². The molecule has 2 aromatic rings. The van der Waals surface area contributed by atoms with Crippen molar-refractivity contribution in [3.05, 3.63) is 71.8 Å². The van der Waals surface area contributed by atoms with Crippen molar-refractivity contribution in [2.75, 3.05) is 13.2 Å². The van der Waals surface area contributed by atoms with Crippen LogP contribution in [0.25, 0.3) is 0 Å². The van der Waals surface area contributed by atoms with Gasteiger partial charge in [-0.15, -0.1) is 0 Å². The van der Waals surface area contributed by atoms with E-state index in [0.717, 1.165) is 38.9 Å². The molecule has 4 atom stereocenters. The van der Waals surface area contributed by atoms with E-state index >= 15 is 0 Å². The largest absolute Gasteiger partial charge is 0.377 e. The van der Waals surface area contributed by atoms with E-state index in [1.165, 1.54) is 11.1 Å². The van der Waals surface area contributed by atoms with Gasteiger partial charge in [0.1, 0.15) is 0 Å². The molecule has 2 aromatic carbocycles. The van der Waals surface area contributed by atoms with Gasteiger partial charge in [-0.25, -0.2) is 0 Å². The monoisotopic (exact) mass is 382 g/mol. The Balaban J connectivity index is 1.07. The van der Waals surface area contributed by atoms with E-state index in [0.29, 0.717) is 13.2 Å². The average Bonchev–Trinajstić information content (AvgIpc) is 3.28. The van der Waals surface area contributed by atoms with Crippen LogP contribution in [-0.2, 0) is 32.2 Å². The van der Waals surface area contributed by atoms with Gasteiger partial charge in [-0.3, -0.25) is 0 Å². The van der Waals surface area contributed by atoms with E-state index in [-0.39, 0.29) is 24.4 Å². The third kappa shape index (κ3) is 5.65. The van der Waals surface area contributed by atoms with Gasteiger partial charge in [0.15, 0.2) is 0 Å². The molecule has 0 N–H and O–H groups in total. The van der Waals surface area contributed by atoms with Crippen LogP contribution in [0.15, 0.2) is 60.7 Å². The average molecular weight is 383 g/mol. The zero-order valence-electron chi connectivity index (χ0n) is 16.4. The lowest BCUT2D eigenvalue weighted by atomic mass is 10.1. The van der Waals surface area contributed by atoms with Crippen molar-refractivity contribution < 1.29 is 18.9 Å². The van der Waals surface area contributed by atoms with E-state index in [4.69, 9.17) is 18.9 Å². The van der Waals surface area contributed by atoms with Gasteiger partial charge in [-0.2, -0.15) is 0 Å². The second kappa shape index (κ2) is 10.2. The molecule has 0 aromatic heterocycles. The van der Waals surface area contributed by atoms with Crippen molar-refractivity contribution in [1.29, 1.82) is 0 Å². The van der Waals surface area contributed by atoms with Crippen LogP contribution >= 0.6 is 0 Å². The van der Waals surface area contributed by atoms with Crippen molar-refractivity contribution >= 4 is 0 Å². The van der Waals surface area contributed by atoms with E-state index in [9.17, 15) is 0 Å². The van der Waals surface area contributed by atoms with Crippen molar-refractivity contribution in [1.82, 2.24) is 0 Å². The first-order valence-corrected chi connectivity index (χ1v) is 10.4. The number of rotatable bonds is 10. The van der Waals surface area contributed by atoms with Crippen LogP contribution in [0.4, 0.5) is 0 Å². The lowest BCUT2D eigenvalue weighted by molar-refractivity contribution is 0.0145. The molecule has 0 aliphatic carbocycles. The Morgan fingerprint density at radius 2 is 1.07 bits per heavy atom.